The van der Waals surface area contributed by atoms with Crippen LogP contribution in [0.5, 0.6) is 0 Å². The molecule has 8 nitrogen and oxygen atoms in total. The highest BCUT2D eigenvalue weighted by Crippen LogP contribution is 2.46. The topological polar surface area (TPSA) is 147 Å². The zero-order valence-electron chi connectivity index (χ0n) is 13.0. The van der Waals surface area contributed by atoms with Crippen molar-refractivity contribution in [1.29, 1.82) is 0 Å². The van der Waals surface area contributed by atoms with E-state index in [1.54, 1.807) is 0 Å². The highest BCUT2D eigenvalue weighted by atomic mass is 16.6. The normalized spacial score (nSPS) is 15.5. The first-order valence-corrected chi connectivity index (χ1v) is 6.90. The van der Waals surface area contributed by atoms with E-state index in [-0.39, 0.29) is 19.3 Å². The first-order chi connectivity index (χ1) is 10.1. The van der Waals surface area contributed by atoms with Gasteiger partial charge in [-0.15, -0.1) is 0 Å². The fourth-order valence-electron chi connectivity index (χ4n) is 2.94. The Kier molecular flexibility index (Phi) is 6.54. The first kappa shape index (κ1) is 19.9. The van der Waals surface area contributed by atoms with Crippen LogP contribution in [0.3, 0.4) is 0 Å². The Labute approximate surface area is 128 Å². The Morgan fingerprint density at radius 1 is 0.955 bits per heavy atom. The lowest BCUT2D eigenvalue weighted by atomic mass is 9.61. The number of esters is 1. The van der Waals surface area contributed by atoms with Crippen LogP contribution in [0.2, 0.25) is 0 Å². The number of hydrogen-bond donors (Lipinski definition) is 0. The van der Waals surface area contributed by atoms with Crippen molar-refractivity contribution in [2.45, 2.75) is 52.6 Å². The first-order valence-electron chi connectivity index (χ1n) is 6.90. The average Bonchev–Trinajstić information content (AvgIpc) is 2.39. The Bertz CT molecular complexity index is 465. The predicted molar refractivity (Wildman–Crippen MR) is 66.3 cm³/mol. The summed E-state index contributed by atoms with van der Waals surface area (Å²) in [6.45, 7) is 4.84. The Morgan fingerprint density at radius 3 is 1.59 bits per heavy atom. The van der Waals surface area contributed by atoms with Crippen LogP contribution in [-0.4, -0.2) is 29.5 Å². The molecule has 0 aromatic heterocycles. The minimum absolute atomic E-state index is 0.335. The van der Waals surface area contributed by atoms with Gasteiger partial charge in [0.2, 0.25) is 0 Å². The largest absolute Gasteiger partial charge is 0.550 e. The minimum atomic E-state index is -2.92. The molecule has 8 heteroatoms. The molecule has 22 heavy (non-hydrogen) atoms. The van der Waals surface area contributed by atoms with E-state index in [4.69, 9.17) is 4.74 Å². The van der Waals surface area contributed by atoms with E-state index < -0.39 is 40.8 Å². The van der Waals surface area contributed by atoms with Crippen molar-refractivity contribution in [2.75, 3.05) is 0 Å². The number of hydrogen-bond acceptors (Lipinski definition) is 8. The Balaban J connectivity index is 6.75. The van der Waals surface area contributed by atoms with Crippen molar-refractivity contribution in [3.63, 3.8) is 0 Å². The molecule has 0 radical (unpaired) electrons. The van der Waals surface area contributed by atoms with Crippen LogP contribution in [-0.2, 0) is 23.9 Å². The van der Waals surface area contributed by atoms with Gasteiger partial charge in [-0.2, -0.15) is 0 Å². The predicted octanol–water partition coefficient (Wildman–Crippen LogP) is -2.63. The van der Waals surface area contributed by atoms with Crippen LogP contribution in [0.1, 0.15) is 47.0 Å². The van der Waals surface area contributed by atoms with Crippen molar-refractivity contribution in [1.82, 2.24) is 0 Å². The lowest BCUT2D eigenvalue weighted by Gasteiger charge is -2.53. The molecule has 0 aliphatic carbocycles. The SMILES string of the molecule is CCC(C(=O)[O-])C(OC(C)=O)(C(=O)[O-])C(CC)(CC)C(=O)[O-]. The molecule has 0 saturated carbocycles. The number of rotatable bonds is 9. The number of carboxylic acid groups (broad SMARTS) is 3. The lowest BCUT2D eigenvalue weighted by Crippen LogP contribution is -2.72. The molecule has 0 aliphatic heterocycles. The summed E-state index contributed by atoms with van der Waals surface area (Å²) in [6.07, 6.45) is -1.01. The summed E-state index contributed by atoms with van der Waals surface area (Å²) in [5, 5.41) is 34.8. The highest BCUT2D eigenvalue weighted by Gasteiger charge is 2.59. The molecule has 0 amide bonds. The van der Waals surface area contributed by atoms with Gasteiger partial charge in [0.15, 0.2) is 5.60 Å². The third-order valence-corrected chi connectivity index (χ3v) is 4.10. The van der Waals surface area contributed by atoms with Crippen LogP contribution in [0, 0.1) is 11.3 Å². The molecule has 0 aromatic rings. The molecule has 0 saturated heterocycles. The van der Waals surface area contributed by atoms with Gasteiger partial charge in [0, 0.05) is 18.8 Å². The molecule has 0 bridgehead atoms. The lowest BCUT2D eigenvalue weighted by molar-refractivity contribution is -0.364. The number of carboxylic acids is 3. The van der Waals surface area contributed by atoms with Crippen LogP contribution in [0.4, 0.5) is 0 Å². The van der Waals surface area contributed by atoms with Crippen molar-refractivity contribution >= 4 is 23.9 Å². The van der Waals surface area contributed by atoms with Crippen molar-refractivity contribution in [3.05, 3.63) is 0 Å². The van der Waals surface area contributed by atoms with E-state index in [0.29, 0.717) is 0 Å². The summed E-state index contributed by atoms with van der Waals surface area (Å²) in [5.74, 6) is -8.83. The molecule has 0 aliphatic rings. The maximum absolute atomic E-state index is 11.8. The third kappa shape index (κ3) is 2.90. The molecule has 0 N–H and O–H groups in total. The smallest absolute Gasteiger partial charge is 0.303 e. The van der Waals surface area contributed by atoms with Gasteiger partial charge >= 0.3 is 5.97 Å². The fraction of sp³-hybridized carbons (Fsp3) is 0.714. The fourth-order valence-corrected chi connectivity index (χ4v) is 2.94. The zero-order chi connectivity index (χ0) is 17.7. The summed E-state index contributed by atoms with van der Waals surface area (Å²) in [4.78, 5) is 46.1. The molecule has 2 unspecified atom stereocenters. The van der Waals surface area contributed by atoms with Gasteiger partial charge in [-0.05, 0) is 19.3 Å². The third-order valence-electron chi connectivity index (χ3n) is 4.10. The van der Waals surface area contributed by atoms with Gasteiger partial charge in [-0.25, -0.2) is 0 Å². The highest BCUT2D eigenvalue weighted by molar-refractivity contribution is 5.93. The molecular formula is C14H19O8-3. The Morgan fingerprint density at radius 2 is 1.41 bits per heavy atom. The van der Waals surface area contributed by atoms with Crippen molar-refractivity contribution < 1.29 is 39.2 Å². The summed E-state index contributed by atoms with van der Waals surface area (Å²) in [7, 11) is 0. The van der Waals surface area contributed by atoms with E-state index in [1.807, 2.05) is 0 Å². The number of carbonyl (C=O) groups excluding carboxylic acids is 4. The molecule has 0 aromatic carbocycles. The molecule has 126 valence electrons. The van der Waals surface area contributed by atoms with Gasteiger partial charge in [-0.3, -0.25) is 4.79 Å². The summed E-state index contributed by atoms with van der Waals surface area (Å²) < 4.78 is 4.78. The quantitative estimate of drug-likeness (QED) is 0.420. The molecule has 0 rings (SSSR count). The van der Waals surface area contributed by atoms with Crippen LogP contribution in [0.25, 0.3) is 0 Å². The molecule has 0 heterocycles. The van der Waals surface area contributed by atoms with Crippen molar-refractivity contribution in [2.24, 2.45) is 11.3 Å². The molecule has 2 atom stereocenters. The molecule has 0 fully saturated rings. The van der Waals surface area contributed by atoms with Gasteiger partial charge < -0.3 is 34.4 Å². The number of ether oxygens (including phenoxy) is 1. The van der Waals surface area contributed by atoms with Crippen LogP contribution < -0.4 is 15.3 Å². The maximum Gasteiger partial charge on any atom is 0.303 e. The van der Waals surface area contributed by atoms with Crippen LogP contribution >= 0.6 is 0 Å². The second-order valence-corrected chi connectivity index (χ2v) is 4.97. The van der Waals surface area contributed by atoms with E-state index in [2.05, 4.69) is 0 Å². The van der Waals surface area contributed by atoms with E-state index >= 15 is 0 Å². The number of carbonyl (C=O) groups is 4. The molecule has 0 spiro atoms. The van der Waals surface area contributed by atoms with Gasteiger partial charge in [0.1, 0.15) is 0 Å². The van der Waals surface area contributed by atoms with E-state index in [0.717, 1.165) is 6.92 Å². The Hall–Kier alpha value is -2.12. The van der Waals surface area contributed by atoms with E-state index in [1.165, 1.54) is 20.8 Å². The second-order valence-electron chi connectivity index (χ2n) is 4.97. The zero-order valence-corrected chi connectivity index (χ0v) is 13.0. The molecular weight excluding hydrogens is 296 g/mol. The van der Waals surface area contributed by atoms with Gasteiger partial charge in [0.25, 0.3) is 0 Å². The van der Waals surface area contributed by atoms with Crippen molar-refractivity contribution in [3.8, 4) is 0 Å². The van der Waals surface area contributed by atoms with Gasteiger partial charge in [-0.1, -0.05) is 20.8 Å². The average molecular weight is 315 g/mol. The standard InChI is InChI=1S/C14H22O8/c1-5-9(10(16)17)14(12(20)21,22-8(4)15)13(6-2,7-3)11(18)19/h9H,5-7H2,1-4H3,(H,16,17)(H,18,19)(H,20,21)/p-3. The summed E-state index contributed by atoms with van der Waals surface area (Å²) in [6, 6.07) is 0. The van der Waals surface area contributed by atoms with Gasteiger partial charge in [0.05, 0.1) is 17.4 Å². The monoisotopic (exact) mass is 315 g/mol. The number of aliphatic carboxylic acids is 3. The second kappa shape index (κ2) is 7.24. The maximum atomic E-state index is 11.8. The summed E-state index contributed by atoms with van der Waals surface area (Å²) >= 11 is 0. The van der Waals surface area contributed by atoms with E-state index in [9.17, 15) is 34.5 Å². The van der Waals surface area contributed by atoms with Crippen LogP contribution in [0.15, 0.2) is 0 Å². The minimum Gasteiger partial charge on any atom is -0.550 e. The summed E-state index contributed by atoms with van der Waals surface area (Å²) in [5.41, 5.74) is -5.19.